The number of nitrogens with two attached hydrogens (primary N) is 1. The number of aryl methyl sites for hydroxylation is 2. The Labute approximate surface area is 124 Å². The Morgan fingerprint density at radius 2 is 2.19 bits per heavy atom. The molecular formula is C14H22N6O. The van der Waals surface area contributed by atoms with E-state index in [1.165, 1.54) is 11.9 Å². The van der Waals surface area contributed by atoms with Crippen LogP contribution in [0.5, 0.6) is 5.88 Å². The minimum absolute atomic E-state index is 0.0270. The SMILES string of the molecule is Cc1[nH]ncc1CCCNc1ncnc(OC(C)C)c1N. The van der Waals surface area contributed by atoms with E-state index < -0.39 is 0 Å². The van der Waals surface area contributed by atoms with Crippen molar-refractivity contribution in [3.8, 4) is 5.88 Å². The first-order valence-electron chi connectivity index (χ1n) is 7.07. The number of ether oxygens (including phenoxy) is 1. The van der Waals surface area contributed by atoms with Crippen LogP contribution in [0.15, 0.2) is 12.5 Å². The van der Waals surface area contributed by atoms with E-state index in [4.69, 9.17) is 10.5 Å². The molecule has 2 heterocycles. The predicted molar refractivity (Wildman–Crippen MR) is 82.3 cm³/mol. The Balaban J connectivity index is 1.87. The summed E-state index contributed by atoms with van der Waals surface area (Å²) in [5.74, 6) is 1.04. The van der Waals surface area contributed by atoms with Crippen LogP contribution in [0.25, 0.3) is 0 Å². The zero-order chi connectivity index (χ0) is 15.2. The van der Waals surface area contributed by atoms with Gasteiger partial charge in [0, 0.05) is 12.2 Å². The fourth-order valence-electron chi connectivity index (χ4n) is 1.95. The van der Waals surface area contributed by atoms with Gasteiger partial charge in [-0.2, -0.15) is 10.1 Å². The van der Waals surface area contributed by atoms with Crippen LogP contribution in [0.2, 0.25) is 0 Å². The number of hydrogen-bond acceptors (Lipinski definition) is 6. The molecule has 0 bridgehead atoms. The number of nitrogens with zero attached hydrogens (tertiary/aromatic N) is 3. The molecule has 2 aromatic rings. The summed E-state index contributed by atoms with van der Waals surface area (Å²) < 4.78 is 5.54. The fourth-order valence-corrected chi connectivity index (χ4v) is 1.95. The number of hydrogen-bond donors (Lipinski definition) is 3. The Kier molecular flexibility index (Phi) is 4.97. The highest BCUT2D eigenvalue weighted by atomic mass is 16.5. The maximum atomic E-state index is 6.01. The Morgan fingerprint density at radius 3 is 2.86 bits per heavy atom. The third kappa shape index (κ3) is 4.08. The molecule has 0 saturated carbocycles. The van der Waals surface area contributed by atoms with E-state index in [9.17, 15) is 0 Å². The zero-order valence-corrected chi connectivity index (χ0v) is 12.7. The van der Waals surface area contributed by atoms with Gasteiger partial charge in [-0.3, -0.25) is 5.10 Å². The average molecular weight is 290 g/mol. The second-order valence-electron chi connectivity index (χ2n) is 5.16. The van der Waals surface area contributed by atoms with Gasteiger partial charge in [0.1, 0.15) is 12.0 Å². The molecule has 114 valence electrons. The number of nitrogens with one attached hydrogen (secondary N) is 2. The summed E-state index contributed by atoms with van der Waals surface area (Å²) in [4.78, 5) is 8.20. The molecule has 0 radical (unpaired) electrons. The Bertz CT molecular complexity index is 581. The molecule has 2 aromatic heterocycles. The van der Waals surface area contributed by atoms with Gasteiger partial charge in [-0.25, -0.2) is 4.98 Å². The van der Waals surface area contributed by atoms with Crippen LogP contribution in [-0.4, -0.2) is 32.8 Å². The molecule has 0 atom stereocenters. The lowest BCUT2D eigenvalue weighted by molar-refractivity contribution is 0.234. The number of rotatable bonds is 7. The highest BCUT2D eigenvalue weighted by molar-refractivity contribution is 5.66. The maximum absolute atomic E-state index is 6.01. The van der Waals surface area contributed by atoms with Gasteiger partial charge >= 0.3 is 0 Å². The van der Waals surface area contributed by atoms with Gasteiger partial charge in [0.05, 0.1) is 12.3 Å². The van der Waals surface area contributed by atoms with Crippen molar-refractivity contribution < 1.29 is 4.74 Å². The number of aromatic amines is 1. The van der Waals surface area contributed by atoms with Crippen molar-refractivity contribution >= 4 is 11.5 Å². The molecule has 0 saturated heterocycles. The predicted octanol–water partition coefficient (Wildman–Crippen LogP) is 1.92. The molecule has 2 rings (SSSR count). The highest BCUT2D eigenvalue weighted by Crippen LogP contribution is 2.25. The third-order valence-corrected chi connectivity index (χ3v) is 3.04. The Morgan fingerprint density at radius 1 is 1.38 bits per heavy atom. The van der Waals surface area contributed by atoms with E-state index in [1.807, 2.05) is 27.0 Å². The third-order valence-electron chi connectivity index (χ3n) is 3.04. The number of H-pyrrole nitrogens is 1. The van der Waals surface area contributed by atoms with Crippen LogP contribution in [0.3, 0.4) is 0 Å². The van der Waals surface area contributed by atoms with Crippen molar-refractivity contribution in [3.05, 3.63) is 23.8 Å². The van der Waals surface area contributed by atoms with E-state index >= 15 is 0 Å². The smallest absolute Gasteiger partial charge is 0.242 e. The van der Waals surface area contributed by atoms with Crippen molar-refractivity contribution in [3.63, 3.8) is 0 Å². The maximum Gasteiger partial charge on any atom is 0.242 e. The van der Waals surface area contributed by atoms with Crippen molar-refractivity contribution in [2.24, 2.45) is 0 Å². The molecule has 0 aliphatic rings. The number of nitrogen functional groups attached to an aromatic ring is 1. The van der Waals surface area contributed by atoms with Crippen LogP contribution in [0, 0.1) is 6.92 Å². The Hall–Kier alpha value is -2.31. The molecule has 4 N–H and O–H groups in total. The van der Waals surface area contributed by atoms with Gasteiger partial charge in [0.2, 0.25) is 5.88 Å². The average Bonchev–Trinajstić information content (AvgIpc) is 2.84. The van der Waals surface area contributed by atoms with Crippen molar-refractivity contribution in [2.75, 3.05) is 17.6 Å². The molecule has 0 aromatic carbocycles. The van der Waals surface area contributed by atoms with E-state index in [0.29, 0.717) is 17.4 Å². The van der Waals surface area contributed by atoms with Gasteiger partial charge in [-0.05, 0) is 39.2 Å². The number of anilines is 2. The zero-order valence-electron chi connectivity index (χ0n) is 12.7. The van der Waals surface area contributed by atoms with E-state index in [0.717, 1.165) is 25.1 Å². The van der Waals surface area contributed by atoms with Crippen LogP contribution in [0.1, 0.15) is 31.5 Å². The molecule has 7 heteroatoms. The van der Waals surface area contributed by atoms with Crippen LogP contribution in [-0.2, 0) is 6.42 Å². The van der Waals surface area contributed by atoms with Gasteiger partial charge < -0.3 is 15.8 Å². The standard InChI is InChI=1S/C14H22N6O/c1-9(2)21-14-12(15)13(17-8-18-14)16-6-4-5-11-7-19-20-10(11)3/h7-9H,4-6,15H2,1-3H3,(H,19,20)(H,16,17,18). The van der Waals surface area contributed by atoms with Crippen LogP contribution < -0.4 is 15.8 Å². The normalized spacial score (nSPS) is 10.9. The summed E-state index contributed by atoms with van der Waals surface area (Å²) in [6.45, 7) is 6.66. The van der Waals surface area contributed by atoms with Gasteiger partial charge in [0.15, 0.2) is 5.82 Å². The minimum Gasteiger partial charge on any atom is -0.473 e. The topological polar surface area (TPSA) is 102 Å². The van der Waals surface area contributed by atoms with Crippen molar-refractivity contribution in [2.45, 2.75) is 39.7 Å². The van der Waals surface area contributed by atoms with E-state index in [2.05, 4.69) is 25.5 Å². The second-order valence-corrected chi connectivity index (χ2v) is 5.16. The lowest BCUT2D eigenvalue weighted by atomic mass is 10.1. The lowest BCUT2D eigenvalue weighted by Crippen LogP contribution is -2.12. The first kappa shape index (κ1) is 15.1. The van der Waals surface area contributed by atoms with Crippen LogP contribution >= 0.6 is 0 Å². The molecule has 0 unspecified atom stereocenters. The van der Waals surface area contributed by atoms with Gasteiger partial charge in [0.25, 0.3) is 0 Å². The largest absolute Gasteiger partial charge is 0.473 e. The van der Waals surface area contributed by atoms with Gasteiger partial charge in [-0.15, -0.1) is 0 Å². The molecule has 0 spiro atoms. The molecule has 0 aliphatic carbocycles. The summed E-state index contributed by atoms with van der Waals surface area (Å²) in [7, 11) is 0. The highest BCUT2D eigenvalue weighted by Gasteiger charge is 2.10. The van der Waals surface area contributed by atoms with E-state index in [1.54, 1.807) is 0 Å². The fraction of sp³-hybridized carbons (Fsp3) is 0.500. The number of aromatic nitrogens is 4. The first-order valence-corrected chi connectivity index (χ1v) is 7.07. The molecule has 0 aliphatic heterocycles. The summed E-state index contributed by atoms with van der Waals surface area (Å²) in [6, 6.07) is 0. The first-order chi connectivity index (χ1) is 10.1. The van der Waals surface area contributed by atoms with Crippen molar-refractivity contribution in [1.29, 1.82) is 0 Å². The van der Waals surface area contributed by atoms with Crippen LogP contribution in [0.4, 0.5) is 11.5 Å². The molecule has 0 fully saturated rings. The molecule has 21 heavy (non-hydrogen) atoms. The summed E-state index contributed by atoms with van der Waals surface area (Å²) in [6.07, 6.45) is 5.26. The molecular weight excluding hydrogens is 268 g/mol. The molecule has 7 nitrogen and oxygen atoms in total. The summed E-state index contributed by atoms with van der Waals surface area (Å²) in [5, 5.41) is 10.2. The van der Waals surface area contributed by atoms with Crippen molar-refractivity contribution in [1.82, 2.24) is 20.2 Å². The molecule has 0 amide bonds. The summed E-state index contributed by atoms with van der Waals surface area (Å²) >= 11 is 0. The van der Waals surface area contributed by atoms with E-state index in [-0.39, 0.29) is 6.10 Å². The monoisotopic (exact) mass is 290 g/mol. The minimum atomic E-state index is 0.0270. The quantitative estimate of drug-likeness (QED) is 0.673. The lowest BCUT2D eigenvalue weighted by Gasteiger charge is -2.13. The second kappa shape index (κ2) is 6.92. The summed E-state index contributed by atoms with van der Waals surface area (Å²) in [5.41, 5.74) is 8.80. The van der Waals surface area contributed by atoms with Gasteiger partial charge in [-0.1, -0.05) is 0 Å².